The fourth-order valence-corrected chi connectivity index (χ4v) is 17.0. The minimum Gasteiger partial charge on any atom is -0.310 e. The van der Waals surface area contributed by atoms with E-state index in [0.29, 0.717) is 11.8 Å². The topological polar surface area (TPSA) is 6.48 Å². The Morgan fingerprint density at radius 3 is 1.36 bits per heavy atom. The van der Waals surface area contributed by atoms with Gasteiger partial charge in [-0.05, 0) is 212 Å². The number of para-hydroxylation sites is 3. The normalized spacial score (nSPS) is 20.8. The molecule has 0 heterocycles. The highest BCUT2D eigenvalue weighted by Gasteiger charge is 2.53. The summed E-state index contributed by atoms with van der Waals surface area (Å²) in [5.74, 6) is 3.56. The second-order valence-electron chi connectivity index (χ2n) is 25.4. The highest BCUT2D eigenvalue weighted by Crippen LogP contribution is 2.66. The SMILES string of the molecule is CC1CC2CC(C)C(c3cccc(-c4cc5c(cc4N(c4ccccc4)c4ccccc4)C4(c6ccccc6-5)c5ccccc5-c5cc(-c6ccccc6)c(N(c6ccccc6)c6ccc7c(c6)-c6ccccc6C7(C)C)cc54)c3)C(C1)C2. The summed E-state index contributed by atoms with van der Waals surface area (Å²) in [6, 6.07) is 99.5. The van der Waals surface area contributed by atoms with Crippen molar-refractivity contribution in [2.45, 2.75) is 70.1 Å². The van der Waals surface area contributed by atoms with Crippen molar-refractivity contribution in [3.63, 3.8) is 0 Å². The molecule has 11 aromatic rings. The number of hydrogen-bond donors (Lipinski definition) is 0. The predicted octanol–water partition coefficient (Wildman–Crippen LogP) is 21.8. The first-order chi connectivity index (χ1) is 40.7. The zero-order chi connectivity index (χ0) is 55.6. The maximum absolute atomic E-state index is 2.62. The number of rotatable bonds is 9. The van der Waals surface area contributed by atoms with Crippen molar-refractivity contribution in [2.24, 2.45) is 23.7 Å². The van der Waals surface area contributed by atoms with Gasteiger partial charge in [-0.3, -0.25) is 0 Å². The fourth-order valence-electron chi connectivity index (χ4n) is 17.0. The van der Waals surface area contributed by atoms with Gasteiger partial charge in [-0.1, -0.05) is 216 Å². The van der Waals surface area contributed by atoms with E-state index in [4.69, 9.17) is 0 Å². The number of anilines is 6. The third-order valence-corrected chi connectivity index (χ3v) is 20.2. The standard InChI is InChI=1S/C81H68N2/c1-52-42-54-44-53(2)79(58(43-52)45-54)57-27-23-26-56(46-57)67-49-70-65-36-19-22-39-74(65)81(76(70)51-78(67)82(59-28-11-6-12-29-59)60-30-13-7-14-31-60)73-38-21-18-35-64(73)69-48-66(55-24-9-5-10-25-55)77(50-75(69)81)83(61-32-15-8-16-33-61)62-40-41-72-68(47-62)63-34-17-20-37-71(63)80(72,3)4/h5-41,46-54,58,79H,42-45H2,1-4H3. The Kier molecular flexibility index (Phi) is 11.6. The number of fused-ring (bicyclic) bond motifs is 15. The molecule has 402 valence electrons. The van der Waals surface area contributed by atoms with E-state index in [1.54, 1.807) is 0 Å². The molecule has 0 saturated heterocycles. The largest absolute Gasteiger partial charge is 0.310 e. The molecule has 5 aliphatic carbocycles. The van der Waals surface area contributed by atoms with Crippen LogP contribution < -0.4 is 9.80 Å². The van der Waals surface area contributed by atoms with Crippen molar-refractivity contribution in [1.82, 2.24) is 0 Å². The molecule has 0 aromatic heterocycles. The van der Waals surface area contributed by atoms with Gasteiger partial charge in [0.25, 0.3) is 0 Å². The molecule has 1 spiro atoms. The second kappa shape index (κ2) is 19.3. The Bertz CT molecular complexity index is 4270. The Balaban J connectivity index is 0.982. The lowest BCUT2D eigenvalue weighted by Crippen LogP contribution is -2.35. The van der Waals surface area contributed by atoms with Crippen molar-refractivity contribution < 1.29 is 0 Å². The van der Waals surface area contributed by atoms with Gasteiger partial charge in [0.05, 0.1) is 16.8 Å². The maximum atomic E-state index is 2.62. The highest BCUT2D eigenvalue weighted by atomic mass is 15.2. The summed E-state index contributed by atoms with van der Waals surface area (Å²) in [5.41, 5.74) is 28.1. The zero-order valence-electron chi connectivity index (χ0n) is 47.9. The molecule has 2 heteroatoms. The number of benzene rings is 11. The molecular formula is C81H68N2. The average Bonchev–Trinajstić information content (AvgIpc) is 1.79. The first-order valence-electron chi connectivity index (χ1n) is 30.5. The lowest BCUT2D eigenvalue weighted by Gasteiger charge is -2.46. The molecule has 2 nitrogen and oxygen atoms in total. The molecule has 0 N–H and O–H groups in total. The van der Waals surface area contributed by atoms with Crippen LogP contribution in [0.4, 0.5) is 34.1 Å². The Morgan fingerprint density at radius 1 is 0.325 bits per heavy atom. The highest BCUT2D eigenvalue weighted by molar-refractivity contribution is 6.03. The minimum absolute atomic E-state index is 0.115. The van der Waals surface area contributed by atoms with Gasteiger partial charge in [-0.2, -0.15) is 0 Å². The van der Waals surface area contributed by atoms with Crippen LogP contribution >= 0.6 is 0 Å². The second-order valence-corrected chi connectivity index (χ2v) is 25.4. The van der Waals surface area contributed by atoms with Crippen molar-refractivity contribution in [1.29, 1.82) is 0 Å². The monoisotopic (exact) mass is 1070 g/mol. The summed E-state index contributed by atoms with van der Waals surface area (Å²) in [6.45, 7) is 9.80. The van der Waals surface area contributed by atoms with Crippen LogP contribution in [-0.2, 0) is 10.8 Å². The van der Waals surface area contributed by atoms with E-state index in [1.165, 1.54) is 126 Å². The summed E-state index contributed by atoms with van der Waals surface area (Å²) < 4.78 is 0. The van der Waals surface area contributed by atoms with Crippen molar-refractivity contribution in [3.8, 4) is 55.6 Å². The van der Waals surface area contributed by atoms with E-state index in [9.17, 15) is 0 Å². The lowest BCUT2D eigenvalue weighted by molar-refractivity contribution is 0.0854. The molecule has 6 unspecified atom stereocenters. The van der Waals surface area contributed by atoms with E-state index in [-0.39, 0.29) is 5.41 Å². The Hall–Kier alpha value is -8.98. The molecule has 6 atom stereocenters. The molecule has 0 radical (unpaired) electrons. The van der Waals surface area contributed by atoms with Crippen molar-refractivity contribution >= 4 is 34.1 Å². The molecule has 5 aliphatic rings. The van der Waals surface area contributed by atoms with E-state index in [1.807, 2.05) is 0 Å². The first-order valence-corrected chi connectivity index (χ1v) is 30.5. The summed E-state index contributed by atoms with van der Waals surface area (Å²) in [7, 11) is 0. The average molecular weight is 1070 g/mol. The van der Waals surface area contributed by atoms with Crippen molar-refractivity contribution in [3.05, 3.63) is 300 Å². The molecule has 2 saturated carbocycles. The molecule has 16 rings (SSSR count). The van der Waals surface area contributed by atoms with Crippen LogP contribution in [-0.4, -0.2) is 0 Å². The molecule has 11 aromatic carbocycles. The third-order valence-electron chi connectivity index (χ3n) is 20.2. The van der Waals surface area contributed by atoms with Gasteiger partial charge in [-0.15, -0.1) is 0 Å². The fraction of sp³-hybridized carbons (Fsp3) is 0.185. The van der Waals surface area contributed by atoms with Crippen LogP contribution in [0.25, 0.3) is 55.6 Å². The molecule has 0 amide bonds. The van der Waals surface area contributed by atoms with Gasteiger partial charge in [0.2, 0.25) is 0 Å². The van der Waals surface area contributed by atoms with Crippen LogP contribution in [0.5, 0.6) is 0 Å². The summed E-state index contributed by atoms with van der Waals surface area (Å²) in [4.78, 5) is 5.08. The predicted molar refractivity (Wildman–Crippen MR) is 347 cm³/mol. The number of nitrogens with zero attached hydrogens (tertiary/aromatic N) is 2. The molecule has 83 heavy (non-hydrogen) atoms. The molecular weight excluding hydrogens is 1000 g/mol. The van der Waals surface area contributed by atoms with Crippen LogP contribution in [0.2, 0.25) is 0 Å². The summed E-state index contributed by atoms with van der Waals surface area (Å²) >= 11 is 0. The smallest absolute Gasteiger partial charge is 0.0727 e. The minimum atomic E-state index is -0.676. The van der Waals surface area contributed by atoms with Gasteiger partial charge >= 0.3 is 0 Å². The van der Waals surface area contributed by atoms with E-state index in [2.05, 4.69) is 298 Å². The van der Waals surface area contributed by atoms with Crippen LogP contribution in [0.3, 0.4) is 0 Å². The van der Waals surface area contributed by atoms with Crippen molar-refractivity contribution in [2.75, 3.05) is 9.80 Å². The van der Waals surface area contributed by atoms with Gasteiger partial charge < -0.3 is 9.80 Å². The molecule has 2 fully saturated rings. The van der Waals surface area contributed by atoms with Crippen LogP contribution in [0.15, 0.2) is 261 Å². The number of hydrogen-bond acceptors (Lipinski definition) is 2. The maximum Gasteiger partial charge on any atom is 0.0727 e. The quantitative estimate of drug-likeness (QED) is 0.142. The molecule has 2 bridgehead atoms. The van der Waals surface area contributed by atoms with Crippen LogP contribution in [0, 0.1) is 23.7 Å². The van der Waals surface area contributed by atoms with Gasteiger partial charge in [0, 0.05) is 39.3 Å². The Labute approximate surface area is 490 Å². The van der Waals surface area contributed by atoms with E-state index >= 15 is 0 Å². The van der Waals surface area contributed by atoms with E-state index < -0.39 is 5.41 Å². The summed E-state index contributed by atoms with van der Waals surface area (Å²) in [5, 5.41) is 0. The Morgan fingerprint density at radius 2 is 0.783 bits per heavy atom. The summed E-state index contributed by atoms with van der Waals surface area (Å²) in [6.07, 6.45) is 5.41. The zero-order valence-corrected chi connectivity index (χ0v) is 47.9. The third kappa shape index (κ3) is 7.68. The molecule has 0 aliphatic heterocycles. The lowest BCUT2D eigenvalue weighted by atomic mass is 9.58. The van der Waals surface area contributed by atoms with Gasteiger partial charge in [0.1, 0.15) is 0 Å². The van der Waals surface area contributed by atoms with E-state index in [0.717, 1.165) is 46.2 Å². The van der Waals surface area contributed by atoms with Crippen LogP contribution in [0.1, 0.15) is 98.2 Å². The first kappa shape index (κ1) is 49.8. The van der Waals surface area contributed by atoms with Gasteiger partial charge in [-0.25, -0.2) is 0 Å². The van der Waals surface area contributed by atoms with Gasteiger partial charge in [0.15, 0.2) is 0 Å².